The van der Waals surface area contributed by atoms with Gasteiger partial charge in [-0.15, -0.1) is 24.0 Å². The summed E-state index contributed by atoms with van der Waals surface area (Å²) in [5.41, 5.74) is 4.58. The van der Waals surface area contributed by atoms with Crippen LogP contribution in [0.1, 0.15) is 46.8 Å². The van der Waals surface area contributed by atoms with Crippen LogP contribution in [0.5, 0.6) is 0 Å². The quantitative estimate of drug-likeness (QED) is 0.282. The fraction of sp³-hybridized carbons (Fsp3) is 0.481. The summed E-state index contributed by atoms with van der Waals surface area (Å²) in [6.45, 7) is 8.98. The number of carbonyl (C=O) groups excluding carboxylic acids is 1. The third kappa shape index (κ3) is 8.91. The second-order valence-corrected chi connectivity index (χ2v) is 9.09. The average molecular weight is 578 g/mol. The molecule has 3 rings (SSSR count). The van der Waals surface area contributed by atoms with Crippen LogP contribution in [0.25, 0.3) is 0 Å². The number of aliphatic imine (C=N–C) groups is 1. The topological polar surface area (TPSA) is 60.0 Å². The van der Waals surface area contributed by atoms with Crippen LogP contribution in [0.4, 0.5) is 0 Å². The lowest BCUT2D eigenvalue weighted by Crippen LogP contribution is -2.48. The first-order valence-corrected chi connectivity index (χ1v) is 12.1. The number of halogens is 1. The Morgan fingerprint density at radius 1 is 1.09 bits per heavy atom. The van der Waals surface area contributed by atoms with E-state index in [-0.39, 0.29) is 29.9 Å². The van der Waals surface area contributed by atoms with Crippen LogP contribution in [-0.4, -0.2) is 68.0 Å². The molecule has 6 nitrogen and oxygen atoms in total. The molecule has 0 unspecified atom stereocenters. The third-order valence-corrected chi connectivity index (χ3v) is 6.01. The number of hydrogen-bond acceptors (Lipinski definition) is 3. The number of benzene rings is 2. The molecule has 0 radical (unpaired) electrons. The standard InChI is InChI=1S/C27H39N5O.HI/c1-5-28-27(29-15-12-22-9-7-11-24(19-22)26(33)31(3)4)30-25-13-16-32(17-14-25)20-23-10-6-8-21(2)18-23;/h6-11,18-19,25H,5,12-17,20H2,1-4H3,(H2,28,29,30);1H. The minimum absolute atomic E-state index is 0. The number of guanidine groups is 1. The van der Waals surface area contributed by atoms with Gasteiger partial charge in [0.15, 0.2) is 5.96 Å². The number of amides is 1. The van der Waals surface area contributed by atoms with E-state index in [0.29, 0.717) is 12.6 Å². The Kier molecular flexibility index (Phi) is 11.8. The summed E-state index contributed by atoms with van der Waals surface area (Å²) < 4.78 is 0. The van der Waals surface area contributed by atoms with E-state index in [2.05, 4.69) is 59.7 Å². The average Bonchev–Trinajstić information content (AvgIpc) is 2.80. The SMILES string of the molecule is CCNC(=NCCc1cccc(C(=O)N(C)C)c1)NC1CCN(Cc2cccc(C)c2)CC1.I. The van der Waals surface area contributed by atoms with Crippen molar-refractivity contribution in [2.45, 2.75) is 45.7 Å². The van der Waals surface area contributed by atoms with E-state index in [1.54, 1.807) is 19.0 Å². The van der Waals surface area contributed by atoms with Crippen molar-refractivity contribution in [1.29, 1.82) is 0 Å². The number of hydrogen-bond donors (Lipinski definition) is 2. The Bertz CT molecular complexity index is 938. The minimum Gasteiger partial charge on any atom is -0.357 e. The van der Waals surface area contributed by atoms with E-state index in [0.717, 1.165) is 62.5 Å². The summed E-state index contributed by atoms with van der Waals surface area (Å²) in [6.07, 6.45) is 3.04. The van der Waals surface area contributed by atoms with E-state index in [1.807, 2.05) is 18.2 Å². The van der Waals surface area contributed by atoms with Gasteiger partial charge in [-0.05, 0) is 56.4 Å². The molecule has 1 saturated heterocycles. The van der Waals surface area contributed by atoms with E-state index < -0.39 is 0 Å². The normalized spacial score (nSPS) is 14.9. The fourth-order valence-corrected chi connectivity index (χ4v) is 4.23. The van der Waals surface area contributed by atoms with Crippen LogP contribution in [0.2, 0.25) is 0 Å². The molecule has 1 aliphatic heterocycles. The Labute approximate surface area is 222 Å². The molecule has 1 fully saturated rings. The lowest BCUT2D eigenvalue weighted by molar-refractivity contribution is 0.0827. The maximum atomic E-state index is 12.2. The van der Waals surface area contributed by atoms with Crippen molar-refractivity contribution in [3.05, 3.63) is 70.8 Å². The molecule has 0 saturated carbocycles. The highest BCUT2D eigenvalue weighted by molar-refractivity contribution is 14.0. The van der Waals surface area contributed by atoms with Gasteiger partial charge in [0.05, 0.1) is 0 Å². The van der Waals surface area contributed by atoms with E-state index >= 15 is 0 Å². The lowest BCUT2D eigenvalue weighted by Gasteiger charge is -2.33. The Hall–Kier alpha value is -2.13. The van der Waals surface area contributed by atoms with Crippen molar-refractivity contribution >= 4 is 35.8 Å². The van der Waals surface area contributed by atoms with E-state index in [4.69, 9.17) is 4.99 Å². The van der Waals surface area contributed by atoms with Gasteiger partial charge in [-0.2, -0.15) is 0 Å². The lowest BCUT2D eigenvalue weighted by atomic mass is 10.0. The van der Waals surface area contributed by atoms with E-state index in [9.17, 15) is 4.79 Å². The first-order valence-electron chi connectivity index (χ1n) is 12.1. The van der Waals surface area contributed by atoms with E-state index in [1.165, 1.54) is 11.1 Å². The van der Waals surface area contributed by atoms with Crippen molar-refractivity contribution in [2.75, 3.05) is 40.3 Å². The molecule has 0 bridgehead atoms. The molecule has 1 heterocycles. The van der Waals surface area contributed by atoms with Gasteiger partial charge in [-0.3, -0.25) is 14.7 Å². The van der Waals surface area contributed by atoms with Crippen LogP contribution in [0.15, 0.2) is 53.5 Å². The van der Waals surface area contributed by atoms with Crippen LogP contribution in [0.3, 0.4) is 0 Å². The minimum atomic E-state index is 0. The van der Waals surface area contributed by atoms with Crippen molar-refractivity contribution in [1.82, 2.24) is 20.4 Å². The van der Waals surface area contributed by atoms with Gasteiger partial charge in [0, 0.05) is 58.4 Å². The summed E-state index contributed by atoms with van der Waals surface area (Å²) in [5, 5.41) is 7.02. The number of aryl methyl sites for hydroxylation is 1. The highest BCUT2D eigenvalue weighted by atomic mass is 127. The molecule has 0 spiro atoms. The Balaban J connectivity index is 0.00000408. The molecule has 0 aliphatic carbocycles. The predicted octanol–water partition coefficient (Wildman–Crippen LogP) is 4.08. The number of carbonyl (C=O) groups is 1. The Morgan fingerprint density at radius 2 is 1.79 bits per heavy atom. The second kappa shape index (κ2) is 14.3. The summed E-state index contributed by atoms with van der Waals surface area (Å²) in [7, 11) is 3.56. The molecule has 1 aliphatic rings. The predicted molar refractivity (Wildman–Crippen MR) is 152 cm³/mol. The number of piperidine rings is 1. The molecule has 1 amide bonds. The smallest absolute Gasteiger partial charge is 0.253 e. The van der Waals surface area contributed by atoms with Gasteiger partial charge in [0.1, 0.15) is 0 Å². The van der Waals surface area contributed by atoms with Gasteiger partial charge < -0.3 is 15.5 Å². The summed E-state index contributed by atoms with van der Waals surface area (Å²) in [6, 6.07) is 17.1. The molecular weight excluding hydrogens is 537 g/mol. The molecule has 34 heavy (non-hydrogen) atoms. The van der Waals surface area contributed by atoms with Gasteiger partial charge in [-0.25, -0.2) is 0 Å². The summed E-state index contributed by atoms with van der Waals surface area (Å²) in [5.74, 6) is 0.916. The van der Waals surface area contributed by atoms with Crippen LogP contribution in [-0.2, 0) is 13.0 Å². The molecule has 186 valence electrons. The Morgan fingerprint density at radius 3 is 2.47 bits per heavy atom. The molecule has 0 aromatic heterocycles. The maximum Gasteiger partial charge on any atom is 0.253 e. The molecule has 2 aromatic rings. The zero-order chi connectivity index (χ0) is 23.6. The highest BCUT2D eigenvalue weighted by Crippen LogP contribution is 2.15. The molecular formula is C27H40IN5O. The molecule has 2 N–H and O–H groups in total. The van der Waals surface area contributed by atoms with Gasteiger partial charge in [-0.1, -0.05) is 42.0 Å². The molecule has 2 aromatic carbocycles. The van der Waals surface area contributed by atoms with Crippen LogP contribution < -0.4 is 10.6 Å². The monoisotopic (exact) mass is 577 g/mol. The van der Waals surface area contributed by atoms with Crippen molar-refractivity contribution in [3.8, 4) is 0 Å². The summed E-state index contributed by atoms with van der Waals surface area (Å²) in [4.78, 5) is 21.1. The number of rotatable bonds is 8. The van der Waals surface area contributed by atoms with Gasteiger partial charge >= 0.3 is 0 Å². The first kappa shape index (κ1) is 28.1. The third-order valence-electron chi connectivity index (χ3n) is 6.01. The van der Waals surface area contributed by atoms with Crippen molar-refractivity contribution in [3.63, 3.8) is 0 Å². The van der Waals surface area contributed by atoms with Crippen molar-refractivity contribution < 1.29 is 4.79 Å². The largest absolute Gasteiger partial charge is 0.357 e. The number of likely N-dealkylation sites (tertiary alicyclic amines) is 1. The first-order chi connectivity index (χ1) is 15.9. The zero-order valence-electron chi connectivity index (χ0n) is 21.0. The molecule has 7 heteroatoms. The highest BCUT2D eigenvalue weighted by Gasteiger charge is 2.20. The zero-order valence-corrected chi connectivity index (χ0v) is 23.3. The van der Waals surface area contributed by atoms with Crippen LogP contribution >= 0.6 is 24.0 Å². The van der Waals surface area contributed by atoms with Crippen molar-refractivity contribution in [2.24, 2.45) is 4.99 Å². The number of nitrogens with one attached hydrogen (secondary N) is 2. The second-order valence-electron chi connectivity index (χ2n) is 9.09. The van der Waals surface area contributed by atoms with Crippen LogP contribution in [0, 0.1) is 6.92 Å². The molecule has 0 atom stereocenters. The van der Waals surface area contributed by atoms with Gasteiger partial charge in [0.25, 0.3) is 5.91 Å². The summed E-state index contributed by atoms with van der Waals surface area (Å²) >= 11 is 0. The fourth-order valence-electron chi connectivity index (χ4n) is 4.23. The number of nitrogens with zero attached hydrogens (tertiary/aromatic N) is 3. The maximum absolute atomic E-state index is 12.2. The van der Waals surface area contributed by atoms with Gasteiger partial charge in [0.2, 0.25) is 0 Å².